The highest BCUT2D eigenvalue weighted by atomic mass is 32.2. The Morgan fingerprint density at radius 3 is 2.39 bits per heavy atom. The molecule has 1 N–H and O–H groups in total. The van der Waals surface area contributed by atoms with Crippen molar-refractivity contribution in [3.05, 3.63) is 48.4 Å². The van der Waals surface area contributed by atoms with E-state index in [1.807, 2.05) is 6.07 Å². The van der Waals surface area contributed by atoms with Crippen LogP contribution in [-0.2, 0) is 6.54 Å². The fourth-order valence-corrected chi connectivity index (χ4v) is 1.92. The van der Waals surface area contributed by atoms with Gasteiger partial charge in [0.15, 0.2) is 0 Å². The van der Waals surface area contributed by atoms with Crippen LogP contribution in [0.5, 0.6) is 0 Å². The van der Waals surface area contributed by atoms with Crippen molar-refractivity contribution in [2.24, 2.45) is 0 Å². The van der Waals surface area contributed by atoms with Gasteiger partial charge in [-0.3, -0.25) is 0 Å². The first kappa shape index (κ1) is 12.9. The Morgan fingerprint density at radius 2 is 1.83 bits per heavy atom. The van der Waals surface area contributed by atoms with E-state index in [4.69, 9.17) is 4.42 Å². The van der Waals surface area contributed by atoms with Gasteiger partial charge in [-0.05, 0) is 48.2 Å². The molecule has 0 atom stereocenters. The van der Waals surface area contributed by atoms with Gasteiger partial charge in [0, 0.05) is 10.6 Å². The van der Waals surface area contributed by atoms with Crippen LogP contribution in [-0.4, -0.2) is 5.51 Å². The summed E-state index contributed by atoms with van der Waals surface area (Å²) in [5, 5.41) is 3.05. The van der Waals surface area contributed by atoms with E-state index in [9.17, 15) is 13.2 Å². The van der Waals surface area contributed by atoms with E-state index >= 15 is 0 Å². The van der Waals surface area contributed by atoms with Crippen LogP contribution in [0.1, 0.15) is 5.76 Å². The molecule has 0 radical (unpaired) electrons. The summed E-state index contributed by atoms with van der Waals surface area (Å²) >= 11 is -0.121. The van der Waals surface area contributed by atoms with E-state index in [1.165, 1.54) is 12.1 Å². The summed E-state index contributed by atoms with van der Waals surface area (Å²) in [6, 6.07) is 9.68. The van der Waals surface area contributed by atoms with Gasteiger partial charge in [-0.1, -0.05) is 0 Å². The van der Waals surface area contributed by atoms with E-state index in [0.717, 1.165) is 11.4 Å². The minimum Gasteiger partial charge on any atom is -0.467 e. The molecule has 18 heavy (non-hydrogen) atoms. The van der Waals surface area contributed by atoms with Gasteiger partial charge >= 0.3 is 5.51 Å². The van der Waals surface area contributed by atoms with Crippen LogP contribution in [0, 0.1) is 0 Å². The maximum atomic E-state index is 12.1. The Labute approximate surface area is 106 Å². The SMILES string of the molecule is FC(F)(F)Sc1ccc(NCc2ccco2)cc1. The van der Waals surface area contributed by atoms with Crippen molar-refractivity contribution in [1.82, 2.24) is 0 Å². The predicted molar refractivity (Wildman–Crippen MR) is 64.4 cm³/mol. The fourth-order valence-electron chi connectivity index (χ4n) is 1.38. The lowest BCUT2D eigenvalue weighted by Crippen LogP contribution is -2.00. The number of hydrogen-bond acceptors (Lipinski definition) is 3. The molecule has 0 fully saturated rings. The molecular weight excluding hydrogens is 263 g/mol. The molecule has 96 valence electrons. The first-order chi connectivity index (χ1) is 8.53. The number of anilines is 1. The first-order valence-corrected chi connectivity index (χ1v) is 5.97. The summed E-state index contributed by atoms with van der Waals surface area (Å²) in [5.74, 6) is 0.767. The molecule has 0 spiro atoms. The highest BCUT2D eigenvalue weighted by Crippen LogP contribution is 2.37. The molecule has 0 amide bonds. The van der Waals surface area contributed by atoms with Gasteiger partial charge in [0.1, 0.15) is 5.76 Å². The molecular formula is C12H10F3NOS. The van der Waals surface area contributed by atoms with Gasteiger partial charge in [0.05, 0.1) is 12.8 Å². The van der Waals surface area contributed by atoms with Crippen LogP contribution >= 0.6 is 11.8 Å². The average Bonchev–Trinajstić information content (AvgIpc) is 2.79. The van der Waals surface area contributed by atoms with Gasteiger partial charge in [-0.15, -0.1) is 0 Å². The zero-order valence-corrected chi connectivity index (χ0v) is 10.0. The van der Waals surface area contributed by atoms with Crippen LogP contribution in [0.25, 0.3) is 0 Å². The van der Waals surface area contributed by atoms with Crippen LogP contribution in [0.3, 0.4) is 0 Å². The summed E-state index contributed by atoms with van der Waals surface area (Å²) in [6.07, 6.45) is 1.57. The first-order valence-electron chi connectivity index (χ1n) is 5.15. The Hall–Kier alpha value is -1.56. The zero-order chi connectivity index (χ0) is 13.0. The van der Waals surface area contributed by atoms with Crippen LogP contribution < -0.4 is 5.32 Å². The molecule has 2 aromatic rings. The monoisotopic (exact) mass is 273 g/mol. The lowest BCUT2D eigenvalue weighted by molar-refractivity contribution is -0.0328. The van der Waals surface area contributed by atoms with E-state index in [0.29, 0.717) is 6.54 Å². The molecule has 1 aromatic heterocycles. The minimum absolute atomic E-state index is 0.121. The van der Waals surface area contributed by atoms with Crippen LogP contribution in [0.15, 0.2) is 52.0 Å². The second-order valence-electron chi connectivity index (χ2n) is 3.51. The lowest BCUT2D eigenvalue weighted by Gasteiger charge is -2.07. The van der Waals surface area contributed by atoms with Crippen LogP contribution in [0.4, 0.5) is 18.9 Å². The second kappa shape index (κ2) is 5.39. The smallest absolute Gasteiger partial charge is 0.446 e. The number of thioether (sulfide) groups is 1. The summed E-state index contributed by atoms with van der Waals surface area (Å²) in [5.41, 5.74) is -3.50. The number of nitrogens with one attached hydrogen (secondary N) is 1. The van der Waals surface area contributed by atoms with Crippen molar-refractivity contribution in [3.8, 4) is 0 Å². The molecule has 2 rings (SSSR count). The number of halogens is 3. The third-order valence-electron chi connectivity index (χ3n) is 2.13. The van der Waals surface area contributed by atoms with E-state index < -0.39 is 5.51 Å². The highest BCUT2D eigenvalue weighted by Gasteiger charge is 2.28. The molecule has 0 aliphatic heterocycles. The van der Waals surface area contributed by atoms with Gasteiger partial charge in [-0.25, -0.2) is 0 Å². The van der Waals surface area contributed by atoms with Gasteiger partial charge in [0.25, 0.3) is 0 Å². The number of hydrogen-bond donors (Lipinski definition) is 1. The lowest BCUT2D eigenvalue weighted by atomic mass is 10.3. The molecule has 0 aliphatic carbocycles. The maximum Gasteiger partial charge on any atom is 0.446 e. The van der Waals surface area contributed by atoms with Gasteiger partial charge in [0.2, 0.25) is 0 Å². The Kier molecular flexibility index (Phi) is 3.86. The Bertz CT molecular complexity index is 479. The quantitative estimate of drug-likeness (QED) is 0.830. The molecule has 0 unspecified atom stereocenters. The normalized spacial score (nSPS) is 11.5. The van der Waals surface area contributed by atoms with Crippen molar-refractivity contribution < 1.29 is 17.6 Å². The van der Waals surface area contributed by atoms with E-state index in [2.05, 4.69) is 5.32 Å². The van der Waals surface area contributed by atoms with E-state index in [1.54, 1.807) is 24.5 Å². The second-order valence-corrected chi connectivity index (χ2v) is 4.64. The standard InChI is InChI=1S/C12H10F3NOS/c13-12(14,15)18-11-5-3-9(4-6-11)16-8-10-2-1-7-17-10/h1-7,16H,8H2. The highest BCUT2D eigenvalue weighted by molar-refractivity contribution is 8.00. The summed E-state index contributed by atoms with van der Waals surface area (Å²) in [6.45, 7) is 0.499. The third-order valence-corrected chi connectivity index (χ3v) is 2.87. The van der Waals surface area contributed by atoms with Crippen molar-refractivity contribution in [1.29, 1.82) is 0 Å². The molecule has 1 aromatic carbocycles. The van der Waals surface area contributed by atoms with Gasteiger partial charge < -0.3 is 9.73 Å². The molecule has 0 saturated carbocycles. The topological polar surface area (TPSA) is 25.2 Å². The summed E-state index contributed by atoms with van der Waals surface area (Å²) in [4.78, 5) is 0.172. The molecule has 2 nitrogen and oxygen atoms in total. The van der Waals surface area contributed by atoms with Crippen LogP contribution in [0.2, 0.25) is 0 Å². The molecule has 0 saturated heterocycles. The molecule has 6 heteroatoms. The Balaban J connectivity index is 1.91. The Morgan fingerprint density at radius 1 is 1.11 bits per heavy atom. The molecule has 0 aliphatic rings. The maximum absolute atomic E-state index is 12.1. The fraction of sp³-hybridized carbons (Fsp3) is 0.167. The largest absolute Gasteiger partial charge is 0.467 e. The number of furan rings is 1. The number of alkyl halides is 3. The van der Waals surface area contributed by atoms with Crippen molar-refractivity contribution in [3.63, 3.8) is 0 Å². The molecule has 0 bridgehead atoms. The van der Waals surface area contributed by atoms with E-state index in [-0.39, 0.29) is 16.7 Å². The van der Waals surface area contributed by atoms with Crippen molar-refractivity contribution >= 4 is 17.4 Å². The van der Waals surface area contributed by atoms with Crippen molar-refractivity contribution in [2.75, 3.05) is 5.32 Å². The van der Waals surface area contributed by atoms with Crippen molar-refractivity contribution in [2.45, 2.75) is 16.9 Å². The van der Waals surface area contributed by atoms with Gasteiger partial charge in [-0.2, -0.15) is 13.2 Å². The average molecular weight is 273 g/mol. The zero-order valence-electron chi connectivity index (χ0n) is 9.20. The molecule has 1 heterocycles. The summed E-state index contributed by atoms with van der Waals surface area (Å²) < 4.78 is 41.5. The minimum atomic E-state index is -4.25. The predicted octanol–water partition coefficient (Wildman–Crippen LogP) is 4.50. The number of rotatable bonds is 4. The number of benzene rings is 1. The third kappa shape index (κ3) is 4.03. The summed E-state index contributed by atoms with van der Waals surface area (Å²) in [7, 11) is 0.